The molecule has 132 valence electrons. The van der Waals surface area contributed by atoms with Crippen molar-refractivity contribution in [3.05, 3.63) is 47.7 Å². The second-order valence-corrected chi connectivity index (χ2v) is 7.48. The van der Waals surface area contributed by atoms with Gasteiger partial charge in [-0.25, -0.2) is 18.1 Å². The van der Waals surface area contributed by atoms with Crippen molar-refractivity contribution in [1.82, 2.24) is 9.71 Å². The molecule has 7 nitrogen and oxygen atoms in total. The summed E-state index contributed by atoms with van der Waals surface area (Å²) in [6.45, 7) is 0. The van der Waals surface area contributed by atoms with E-state index < -0.39 is 21.8 Å². The molecule has 1 amide bonds. The minimum atomic E-state index is -4.08. The Morgan fingerprint density at radius 2 is 2.12 bits per heavy atom. The number of nitrogens with one attached hydrogen (secondary N) is 1. The quantitative estimate of drug-likeness (QED) is 0.855. The van der Waals surface area contributed by atoms with E-state index >= 15 is 0 Å². The third-order valence-corrected chi connectivity index (χ3v) is 5.72. The molecule has 1 heterocycles. The van der Waals surface area contributed by atoms with Crippen LogP contribution in [0.25, 0.3) is 0 Å². The molecule has 0 spiro atoms. The molecule has 3 rings (SSSR count). The van der Waals surface area contributed by atoms with Crippen LogP contribution in [-0.4, -0.2) is 26.4 Å². The van der Waals surface area contributed by atoms with Crippen LogP contribution >= 0.6 is 0 Å². The van der Waals surface area contributed by atoms with Gasteiger partial charge in [-0.3, -0.25) is 4.79 Å². The van der Waals surface area contributed by atoms with E-state index in [1.807, 2.05) is 12.1 Å². The Morgan fingerprint density at radius 1 is 1.32 bits per heavy atom. The lowest BCUT2D eigenvalue weighted by Gasteiger charge is -2.26. The molecule has 1 aliphatic carbocycles. The molecule has 1 atom stereocenters. The van der Waals surface area contributed by atoms with Crippen molar-refractivity contribution >= 4 is 21.7 Å². The van der Waals surface area contributed by atoms with Crippen LogP contribution in [0.1, 0.15) is 29.9 Å². The van der Waals surface area contributed by atoms with Gasteiger partial charge in [0.2, 0.25) is 5.91 Å². The van der Waals surface area contributed by atoms with E-state index in [-0.39, 0.29) is 10.7 Å². The largest absolute Gasteiger partial charge is 0.496 e. The number of amides is 1. The number of hydrogen-bond acceptors (Lipinski definition) is 6. The molecule has 0 saturated carbocycles. The predicted molar refractivity (Wildman–Crippen MR) is 92.7 cm³/mol. The van der Waals surface area contributed by atoms with Crippen LogP contribution in [-0.2, 0) is 21.2 Å². The zero-order valence-electron chi connectivity index (χ0n) is 13.7. The maximum atomic E-state index is 12.7. The molecule has 0 saturated heterocycles. The van der Waals surface area contributed by atoms with Gasteiger partial charge in [0.05, 0.1) is 13.0 Å². The van der Waals surface area contributed by atoms with E-state index in [2.05, 4.69) is 9.71 Å². The number of anilines is 1. The highest BCUT2D eigenvalue weighted by molar-refractivity contribution is 7.90. The summed E-state index contributed by atoms with van der Waals surface area (Å²) in [6.07, 6.45) is 3.54. The Hall–Kier alpha value is -2.61. The number of ether oxygens (including phenoxy) is 1. The topological polar surface area (TPSA) is 111 Å². The molecular formula is C17H19N3O4S. The molecule has 1 aliphatic rings. The molecular weight excluding hydrogens is 342 g/mol. The molecule has 3 N–H and O–H groups in total. The van der Waals surface area contributed by atoms with Crippen molar-refractivity contribution in [3.8, 4) is 5.75 Å². The Labute approximate surface area is 146 Å². The van der Waals surface area contributed by atoms with E-state index in [1.54, 1.807) is 13.2 Å². The van der Waals surface area contributed by atoms with Gasteiger partial charge in [-0.05, 0) is 48.6 Å². The smallest absolute Gasteiger partial charge is 0.267 e. The molecule has 2 aromatic rings. The number of rotatable bonds is 4. The molecule has 0 radical (unpaired) electrons. The molecule has 0 unspecified atom stereocenters. The van der Waals surface area contributed by atoms with E-state index in [9.17, 15) is 13.2 Å². The van der Waals surface area contributed by atoms with Gasteiger partial charge in [0, 0.05) is 6.20 Å². The van der Waals surface area contributed by atoms with E-state index in [0.717, 1.165) is 29.7 Å². The number of carbonyl (C=O) groups excluding carboxylic acids is 1. The van der Waals surface area contributed by atoms with Crippen LogP contribution in [0.15, 0.2) is 41.4 Å². The third-order valence-electron chi connectivity index (χ3n) is 4.32. The van der Waals surface area contributed by atoms with Gasteiger partial charge < -0.3 is 10.5 Å². The zero-order chi connectivity index (χ0) is 18.0. The van der Waals surface area contributed by atoms with Crippen LogP contribution < -0.4 is 15.2 Å². The van der Waals surface area contributed by atoms with Crippen molar-refractivity contribution in [3.63, 3.8) is 0 Å². The summed E-state index contributed by atoms with van der Waals surface area (Å²) in [6, 6.07) is 8.25. The van der Waals surface area contributed by atoms with E-state index in [1.165, 1.54) is 18.3 Å². The lowest BCUT2D eigenvalue weighted by atomic mass is 9.82. The lowest BCUT2D eigenvalue weighted by Crippen LogP contribution is -2.36. The van der Waals surface area contributed by atoms with Gasteiger partial charge in [-0.1, -0.05) is 12.1 Å². The first kappa shape index (κ1) is 17.2. The monoisotopic (exact) mass is 361 g/mol. The Morgan fingerprint density at radius 3 is 2.84 bits per heavy atom. The molecule has 0 aliphatic heterocycles. The predicted octanol–water partition coefficient (Wildman–Crippen LogP) is 1.60. The van der Waals surface area contributed by atoms with Crippen molar-refractivity contribution < 1.29 is 17.9 Å². The number of benzene rings is 1. The van der Waals surface area contributed by atoms with Crippen molar-refractivity contribution in [2.45, 2.75) is 30.1 Å². The minimum absolute atomic E-state index is 0.145. The normalized spacial score (nSPS) is 16.8. The average molecular weight is 361 g/mol. The van der Waals surface area contributed by atoms with Gasteiger partial charge in [-0.15, -0.1) is 0 Å². The number of aromatic nitrogens is 1. The number of nitrogen functional groups attached to an aromatic ring is 1. The summed E-state index contributed by atoms with van der Waals surface area (Å²) >= 11 is 0. The Balaban J connectivity index is 1.90. The highest BCUT2D eigenvalue weighted by Crippen LogP contribution is 2.37. The van der Waals surface area contributed by atoms with Gasteiger partial charge in [-0.2, -0.15) is 0 Å². The van der Waals surface area contributed by atoms with Crippen molar-refractivity contribution in [1.29, 1.82) is 0 Å². The molecule has 1 aromatic carbocycles. The van der Waals surface area contributed by atoms with Crippen molar-refractivity contribution in [2.75, 3.05) is 12.8 Å². The molecule has 8 heteroatoms. The highest BCUT2D eigenvalue weighted by atomic mass is 32.2. The first-order valence-corrected chi connectivity index (χ1v) is 9.35. The van der Waals surface area contributed by atoms with Gasteiger partial charge >= 0.3 is 0 Å². The number of carbonyl (C=O) groups is 1. The van der Waals surface area contributed by atoms with Crippen LogP contribution in [0, 0.1) is 0 Å². The Kier molecular flexibility index (Phi) is 4.63. The summed E-state index contributed by atoms with van der Waals surface area (Å²) < 4.78 is 32.4. The highest BCUT2D eigenvalue weighted by Gasteiger charge is 2.31. The Bertz CT molecular complexity index is 912. The molecule has 0 bridgehead atoms. The van der Waals surface area contributed by atoms with Crippen LogP contribution in [0.4, 0.5) is 5.82 Å². The van der Waals surface area contributed by atoms with Gasteiger partial charge in [0.15, 0.2) is 0 Å². The number of nitrogens with two attached hydrogens (primary N) is 1. The summed E-state index contributed by atoms with van der Waals surface area (Å²) in [7, 11) is -2.50. The fraction of sp³-hybridized carbons (Fsp3) is 0.294. The second-order valence-electron chi connectivity index (χ2n) is 5.83. The van der Waals surface area contributed by atoms with E-state index in [0.29, 0.717) is 6.42 Å². The average Bonchev–Trinajstić information content (AvgIpc) is 2.60. The summed E-state index contributed by atoms with van der Waals surface area (Å²) in [5.74, 6) is -0.549. The van der Waals surface area contributed by atoms with Crippen LogP contribution in [0.5, 0.6) is 5.75 Å². The number of methoxy groups -OCH3 is 1. The second kappa shape index (κ2) is 6.72. The van der Waals surface area contributed by atoms with Crippen LogP contribution in [0.3, 0.4) is 0 Å². The maximum Gasteiger partial charge on any atom is 0.267 e. The number of hydrogen-bond donors (Lipinski definition) is 2. The van der Waals surface area contributed by atoms with Crippen molar-refractivity contribution in [2.24, 2.45) is 0 Å². The number of sulfonamides is 1. The number of nitrogens with zero attached hydrogens (tertiary/aromatic N) is 1. The summed E-state index contributed by atoms with van der Waals surface area (Å²) in [4.78, 5) is 16.2. The SMILES string of the molecule is COc1cccc2c1CCC[C@H]2C(=O)NS(=O)(=O)c1cccnc1N. The lowest BCUT2D eigenvalue weighted by molar-refractivity contribution is -0.121. The van der Waals surface area contributed by atoms with Gasteiger partial charge in [0.25, 0.3) is 10.0 Å². The zero-order valence-corrected chi connectivity index (χ0v) is 14.5. The fourth-order valence-corrected chi connectivity index (χ4v) is 4.27. The third kappa shape index (κ3) is 3.30. The first-order chi connectivity index (χ1) is 11.9. The van der Waals surface area contributed by atoms with E-state index in [4.69, 9.17) is 10.5 Å². The fourth-order valence-electron chi connectivity index (χ4n) is 3.17. The number of pyridine rings is 1. The summed E-state index contributed by atoms with van der Waals surface area (Å²) in [5, 5.41) is 0. The number of fused-ring (bicyclic) bond motifs is 1. The van der Waals surface area contributed by atoms with Crippen LogP contribution in [0.2, 0.25) is 0 Å². The first-order valence-electron chi connectivity index (χ1n) is 7.87. The summed E-state index contributed by atoms with van der Waals surface area (Å²) in [5.41, 5.74) is 7.37. The maximum absolute atomic E-state index is 12.7. The molecule has 25 heavy (non-hydrogen) atoms. The standard InChI is InChI=1S/C17H19N3O4S/c1-24-14-8-3-5-11-12(14)6-2-7-13(11)17(21)20-25(22,23)15-9-4-10-19-16(15)18/h3-5,8-10,13H,2,6-7H2,1H3,(H2,18,19)(H,20,21)/t13-/m1/s1. The molecule has 1 aromatic heterocycles. The minimum Gasteiger partial charge on any atom is -0.496 e. The molecule has 0 fully saturated rings. The van der Waals surface area contributed by atoms with Gasteiger partial charge in [0.1, 0.15) is 16.5 Å².